The minimum Gasteiger partial charge on any atom is -0.493 e. The largest absolute Gasteiger partial charge is 0.493 e. The molecule has 164 valence electrons. The third-order valence-electron chi connectivity index (χ3n) is 4.37. The summed E-state index contributed by atoms with van der Waals surface area (Å²) in [5.74, 6) is 1.26. The summed E-state index contributed by atoms with van der Waals surface area (Å²) < 4.78 is 45.0. The summed E-state index contributed by atoms with van der Waals surface area (Å²) in [5, 5.41) is 2.82. The third kappa shape index (κ3) is 6.48. The zero-order chi connectivity index (χ0) is 22.1. The van der Waals surface area contributed by atoms with E-state index >= 15 is 0 Å². The molecule has 1 atom stereocenters. The maximum absolute atomic E-state index is 12.4. The van der Waals surface area contributed by atoms with Gasteiger partial charge in [0.05, 0.1) is 33.9 Å². The number of likely N-dealkylation sites (N-methyl/N-ethyl adjacent to an activating group) is 1. The number of halogens is 2. The topological polar surface area (TPSA) is 70.5 Å². The van der Waals surface area contributed by atoms with E-state index in [1.807, 2.05) is 25.2 Å². The van der Waals surface area contributed by atoms with E-state index < -0.39 is 6.61 Å². The Hall–Kier alpha value is -3.07. The van der Waals surface area contributed by atoms with Gasteiger partial charge in [0, 0.05) is 6.54 Å². The van der Waals surface area contributed by atoms with Crippen molar-refractivity contribution in [3.8, 4) is 23.0 Å². The predicted octanol–water partition coefficient (Wildman–Crippen LogP) is 1.64. The van der Waals surface area contributed by atoms with Gasteiger partial charge < -0.3 is 29.2 Å². The Balaban J connectivity index is 1.92. The van der Waals surface area contributed by atoms with Gasteiger partial charge in [-0.3, -0.25) is 4.79 Å². The molecule has 0 saturated carbocycles. The highest BCUT2D eigenvalue weighted by molar-refractivity contribution is 5.76. The standard InChI is InChI=1S/C21H26F2N2O5/c1-25(12-15-6-5-7-17(27-2)20(15)29-4)13-19(26)24-11-14-8-9-16(30-21(22)23)18(10-14)28-3/h5-10,21H,11-13H2,1-4H3,(H,24,26)/p+1. The second-order valence-electron chi connectivity index (χ2n) is 6.60. The van der Waals surface area contributed by atoms with Gasteiger partial charge in [-0.2, -0.15) is 8.78 Å². The number of alkyl halides is 2. The first-order valence-electron chi connectivity index (χ1n) is 9.27. The number of benzene rings is 2. The van der Waals surface area contributed by atoms with Crippen LogP contribution in [0.5, 0.6) is 23.0 Å². The summed E-state index contributed by atoms with van der Waals surface area (Å²) >= 11 is 0. The molecule has 0 heterocycles. The minimum absolute atomic E-state index is 0.0565. The second-order valence-corrected chi connectivity index (χ2v) is 6.60. The first-order valence-corrected chi connectivity index (χ1v) is 9.27. The van der Waals surface area contributed by atoms with Crippen LogP contribution >= 0.6 is 0 Å². The summed E-state index contributed by atoms with van der Waals surface area (Å²) in [5.41, 5.74) is 1.63. The molecule has 2 N–H and O–H groups in total. The molecule has 0 aliphatic heterocycles. The average Bonchev–Trinajstić information content (AvgIpc) is 2.72. The van der Waals surface area contributed by atoms with E-state index in [-0.39, 0.29) is 30.5 Å². The number of ether oxygens (including phenoxy) is 4. The zero-order valence-corrected chi connectivity index (χ0v) is 17.5. The molecule has 1 unspecified atom stereocenters. The van der Waals surface area contributed by atoms with Crippen LogP contribution in [-0.4, -0.2) is 47.4 Å². The van der Waals surface area contributed by atoms with Crippen LogP contribution in [0.3, 0.4) is 0 Å². The van der Waals surface area contributed by atoms with Crippen LogP contribution in [0.4, 0.5) is 8.78 Å². The van der Waals surface area contributed by atoms with E-state index in [1.165, 1.54) is 13.2 Å². The third-order valence-corrected chi connectivity index (χ3v) is 4.37. The number of para-hydroxylation sites is 1. The molecule has 0 fully saturated rings. The number of rotatable bonds is 11. The summed E-state index contributed by atoms with van der Waals surface area (Å²) in [6.07, 6.45) is 0. The number of hydrogen-bond donors (Lipinski definition) is 2. The lowest BCUT2D eigenvalue weighted by Crippen LogP contribution is -3.08. The van der Waals surface area contributed by atoms with E-state index in [4.69, 9.17) is 14.2 Å². The molecular formula is C21H27F2N2O5+. The van der Waals surface area contributed by atoms with Crippen molar-refractivity contribution in [3.05, 3.63) is 47.5 Å². The quantitative estimate of drug-likeness (QED) is 0.573. The zero-order valence-electron chi connectivity index (χ0n) is 17.5. The van der Waals surface area contributed by atoms with E-state index in [1.54, 1.807) is 26.4 Å². The van der Waals surface area contributed by atoms with Crippen molar-refractivity contribution >= 4 is 5.91 Å². The molecule has 0 radical (unpaired) electrons. The molecule has 0 aliphatic rings. The van der Waals surface area contributed by atoms with E-state index in [9.17, 15) is 13.6 Å². The lowest BCUT2D eigenvalue weighted by Gasteiger charge is -2.17. The van der Waals surface area contributed by atoms with E-state index in [0.29, 0.717) is 23.6 Å². The lowest BCUT2D eigenvalue weighted by molar-refractivity contribution is -0.885. The maximum Gasteiger partial charge on any atom is 0.387 e. The van der Waals surface area contributed by atoms with Gasteiger partial charge in [-0.1, -0.05) is 12.1 Å². The van der Waals surface area contributed by atoms with E-state index in [0.717, 1.165) is 10.5 Å². The van der Waals surface area contributed by atoms with Crippen molar-refractivity contribution in [2.45, 2.75) is 19.7 Å². The molecule has 7 nitrogen and oxygen atoms in total. The number of carbonyl (C=O) groups is 1. The molecule has 30 heavy (non-hydrogen) atoms. The smallest absolute Gasteiger partial charge is 0.387 e. The molecule has 0 aromatic heterocycles. The first kappa shape index (κ1) is 23.2. The fourth-order valence-electron chi connectivity index (χ4n) is 3.03. The van der Waals surface area contributed by atoms with Crippen LogP contribution in [0.2, 0.25) is 0 Å². The normalized spacial score (nSPS) is 11.7. The molecule has 9 heteroatoms. The number of hydrogen-bond acceptors (Lipinski definition) is 5. The Morgan fingerprint density at radius 3 is 2.40 bits per heavy atom. The van der Waals surface area contributed by atoms with Crippen LogP contribution in [-0.2, 0) is 17.9 Å². The highest BCUT2D eigenvalue weighted by Gasteiger charge is 2.16. The number of amides is 1. The maximum atomic E-state index is 12.4. The van der Waals surface area contributed by atoms with Crippen molar-refractivity contribution in [3.63, 3.8) is 0 Å². The van der Waals surface area contributed by atoms with Gasteiger partial charge in [0.2, 0.25) is 0 Å². The van der Waals surface area contributed by atoms with Gasteiger partial charge >= 0.3 is 6.61 Å². The fraction of sp³-hybridized carbons (Fsp3) is 0.381. The summed E-state index contributed by atoms with van der Waals surface area (Å²) in [6, 6.07) is 10.2. The van der Waals surface area contributed by atoms with Crippen LogP contribution < -0.4 is 29.2 Å². The Labute approximate surface area is 174 Å². The molecule has 0 spiro atoms. The van der Waals surface area contributed by atoms with Gasteiger partial charge in [-0.25, -0.2) is 0 Å². The molecule has 0 bridgehead atoms. The number of methoxy groups -OCH3 is 3. The van der Waals surface area contributed by atoms with Gasteiger partial charge in [0.15, 0.2) is 29.5 Å². The van der Waals surface area contributed by atoms with Crippen molar-refractivity contribution in [2.75, 3.05) is 34.9 Å². The lowest BCUT2D eigenvalue weighted by atomic mass is 10.1. The molecule has 1 amide bonds. The predicted molar refractivity (Wildman–Crippen MR) is 106 cm³/mol. The Morgan fingerprint density at radius 1 is 1.03 bits per heavy atom. The highest BCUT2D eigenvalue weighted by Crippen LogP contribution is 2.30. The monoisotopic (exact) mass is 425 g/mol. The Kier molecular flexibility index (Phi) is 8.67. The summed E-state index contributed by atoms with van der Waals surface area (Å²) in [6.45, 7) is -1.89. The van der Waals surface area contributed by atoms with Crippen LogP contribution in [0.25, 0.3) is 0 Å². The van der Waals surface area contributed by atoms with Crippen molar-refractivity contribution in [1.29, 1.82) is 0 Å². The first-order chi connectivity index (χ1) is 14.4. The van der Waals surface area contributed by atoms with Crippen LogP contribution in [0, 0.1) is 0 Å². The number of nitrogens with one attached hydrogen (secondary N) is 2. The average molecular weight is 425 g/mol. The summed E-state index contributed by atoms with van der Waals surface area (Å²) in [7, 11) is 6.42. The molecule has 0 saturated heterocycles. The van der Waals surface area contributed by atoms with Crippen LogP contribution in [0.15, 0.2) is 36.4 Å². The van der Waals surface area contributed by atoms with Gasteiger partial charge in [0.1, 0.15) is 6.54 Å². The molecular weight excluding hydrogens is 398 g/mol. The van der Waals surface area contributed by atoms with Gasteiger partial charge in [-0.05, 0) is 29.8 Å². The number of quaternary nitrogens is 1. The van der Waals surface area contributed by atoms with Crippen molar-refractivity contribution < 1.29 is 37.4 Å². The van der Waals surface area contributed by atoms with Crippen LogP contribution in [0.1, 0.15) is 11.1 Å². The van der Waals surface area contributed by atoms with E-state index in [2.05, 4.69) is 10.1 Å². The minimum atomic E-state index is -2.94. The Morgan fingerprint density at radius 2 is 1.77 bits per heavy atom. The fourth-order valence-corrected chi connectivity index (χ4v) is 3.03. The number of carbonyl (C=O) groups excluding carboxylic acids is 1. The highest BCUT2D eigenvalue weighted by atomic mass is 19.3. The van der Waals surface area contributed by atoms with Gasteiger partial charge in [0.25, 0.3) is 5.91 Å². The van der Waals surface area contributed by atoms with Gasteiger partial charge in [-0.15, -0.1) is 0 Å². The Bertz CT molecular complexity index is 848. The SMILES string of the molecule is COc1cc(CNC(=O)C[NH+](C)Cc2cccc(OC)c2OC)ccc1OC(F)F. The van der Waals surface area contributed by atoms with Crippen molar-refractivity contribution in [1.82, 2.24) is 5.32 Å². The molecule has 0 aliphatic carbocycles. The molecule has 2 aromatic rings. The molecule has 2 aromatic carbocycles. The second kappa shape index (κ2) is 11.2. The van der Waals surface area contributed by atoms with Crippen molar-refractivity contribution in [2.24, 2.45) is 0 Å². The summed E-state index contributed by atoms with van der Waals surface area (Å²) in [4.78, 5) is 13.3. The molecule has 2 rings (SSSR count).